The molecule has 0 aliphatic carbocycles. The maximum atomic E-state index is 13.1. The highest BCUT2D eigenvalue weighted by atomic mass is 35.5. The van der Waals surface area contributed by atoms with Crippen LogP contribution in [0, 0.1) is 11.3 Å². The minimum absolute atomic E-state index is 0.105. The third kappa shape index (κ3) is 4.47. The summed E-state index contributed by atoms with van der Waals surface area (Å²) in [7, 11) is 0. The fraction of sp³-hybridized carbons (Fsp3) is 0.0526. The number of aromatic nitrogens is 1. The third-order valence-corrected chi connectivity index (χ3v) is 5.29. The number of halogens is 5. The van der Waals surface area contributed by atoms with E-state index in [-0.39, 0.29) is 11.3 Å². The Balaban J connectivity index is 1.88. The summed E-state index contributed by atoms with van der Waals surface area (Å²) < 4.78 is 39.2. The van der Waals surface area contributed by atoms with Gasteiger partial charge in [-0.15, -0.1) is 11.3 Å². The van der Waals surface area contributed by atoms with Crippen LogP contribution in [0.2, 0.25) is 10.0 Å². The molecule has 1 N–H and O–H groups in total. The molecule has 0 radical (unpaired) electrons. The number of anilines is 1. The van der Waals surface area contributed by atoms with Gasteiger partial charge in [0.2, 0.25) is 0 Å². The van der Waals surface area contributed by atoms with E-state index in [4.69, 9.17) is 23.2 Å². The lowest BCUT2D eigenvalue weighted by atomic mass is 10.1. The minimum Gasteiger partial charge on any atom is -0.360 e. The van der Waals surface area contributed by atoms with E-state index in [1.807, 2.05) is 6.07 Å². The van der Waals surface area contributed by atoms with Crippen molar-refractivity contribution in [1.82, 2.24) is 4.98 Å². The zero-order valence-corrected chi connectivity index (χ0v) is 16.2. The molecule has 9 heteroatoms. The Morgan fingerprint density at radius 3 is 2.57 bits per heavy atom. The normalized spacial score (nSPS) is 11.9. The van der Waals surface area contributed by atoms with Gasteiger partial charge in [-0.1, -0.05) is 41.4 Å². The Labute approximate surface area is 172 Å². The number of allylic oxidation sites excluding steroid dienone is 1. The topological polar surface area (TPSA) is 48.7 Å². The Hall–Kier alpha value is -2.53. The molecular formula is C19H10Cl2F3N3S. The van der Waals surface area contributed by atoms with E-state index in [0.29, 0.717) is 26.3 Å². The van der Waals surface area contributed by atoms with Gasteiger partial charge in [-0.2, -0.15) is 18.4 Å². The molecule has 0 saturated carbocycles. The highest BCUT2D eigenvalue weighted by Crippen LogP contribution is 2.35. The summed E-state index contributed by atoms with van der Waals surface area (Å²) in [6.07, 6.45) is -3.30. The summed E-state index contributed by atoms with van der Waals surface area (Å²) in [5, 5.41) is 14.8. The second kappa shape index (κ2) is 8.23. The Morgan fingerprint density at radius 1 is 1.14 bits per heavy atom. The van der Waals surface area contributed by atoms with Crippen molar-refractivity contribution in [2.75, 3.05) is 5.32 Å². The van der Waals surface area contributed by atoms with Gasteiger partial charge in [0.15, 0.2) is 0 Å². The van der Waals surface area contributed by atoms with Crippen LogP contribution in [0.1, 0.15) is 10.6 Å². The van der Waals surface area contributed by atoms with Crippen molar-refractivity contribution in [2.45, 2.75) is 6.18 Å². The first-order valence-corrected chi connectivity index (χ1v) is 9.37. The Morgan fingerprint density at radius 2 is 1.89 bits per heavy atom. The van der Waals surface area contributed by atoms with Crippen molar-refractivity contribution in [3.8, 4) is 17.3 Å². The van der Waals surface area contributed by atoms with Crippen LogP contribution in [0.15, 0.2) is 54.0 Å². The van der Waals surface area contributed by atoms with Gasteiger partial charge in [0.25, 0.3) is 0 Å². The van der Waals surface area contributed by atoms with Gasteiger partial charge < -0.3 is 5.32 Å². The molecule has 3 nitrogen and oxygen atoms in total. The fourth-order valence-corrected chi connectivity index (χ4v) is 3.43. The van der Waals surface area contributed by atoms with Gasteiger partial charge in [-0.25, -0.2) is 4.98 Å². The molecule has 0 bridgehead atoms. The molecule has 0 unspecified atom stereocenters. The second-order valence-electron chi connectivity index (χ2n) is 5.52. The summed E-state index contributed by atoms with van der Waals surface area (Å²) in [4.78, 5) is 4.37. The van der Waals surface area contributed by atoms with Gasteiger partial charge in [0, 0.05) is 17.1 Å². The van der Waals surface area contributed by atoms with Gasteiger partial charge in [-0.05, 0) is 24.3 Å². The number of benzene rings is 2. The lowest BCUT2D eigenvalue weighted by molar-refractivity contribution is -0.136. The summed E-state index contributed by atoms with van der Waals surface area (Å²) in [6, 6.07) is 12.0. The zero-order chi connectivity index (χ0) is 20.3. The number of nitrogens with one attached hydrogen (secondary N) is 1. The highest BCUT2D eigenvalue weighted by Gasteiger charge is 2.33. The van der Waals surface area contributed by atoms with Crippen LogP contribution in [-0.4, -0.2) is 4.98 Å². The maximum absolute atomic E-state index is 13.1. The summed E-state index contributed by atoms with van der Waals surface area (Å²) in [6.45, 7) is 0. The average molecular weight is 440 g/mol. The molecule has 142 valence electrons. The van der Waals surface area contributed by atoms with E-state index < -0.39 is 11.7 Å². The molecular weight excluding hydrogens is 430 g/mol. The largest absolute Gasteiger partial charge is 0.418 e. The van der Waals surface area contributed by atoms with Crippen LogP contribution in [0.4, 0.5) is 18.9 Å². The van der Waals surface area contributed by atoms with Gasteiger partial charge in [0.1, 0.15) is 16.6 Å². The lowest BCUT2D eigenvalue weighted by Gasteiger charge is -2.12. The smallest absolute Gasteiger partial charge is 0.360 e. The van der Waals surface area contributed by atoms with Gasteiger partial charge in [0.05, 0.1) is 27.0 Å². The standard InChI is InChI=1S/C19H10Cl2F3N3S/c20-14-6-5-11(7-15(14)21)17-10-28-18(27-17)12(8-25)9-26-16-4-2-1-3-13(16)19(22,23)24/h1-7,9-10,26H/b12-9+. The Bertz CT molecular complexity index is 1080. The number of hydrogen-bond acceptors (Lipinski definition) is 4. The van der Waals surface area contributed by atoms with Crippen LogP contribution in [0.5, 0.6) is 0 Å². The third-order valence-electron chi connectivity index (χ3n) is 3.67. The maximum Gasteiger partial charge on any atom is 0.418 e. The zero-order valence-electron chi connectivity index (χ0n) is 13.9. The molecule has 0 aliphatic heterocycles. The van der Waals surface area contributed by atoms with E-state index in [9.17, 15) is 18.4 Å². The van der Waals surface area contributed by atoms with E-state index in [1.54, 1.807) is 23.6 Å². The van der Waals surface area contributed by atoms with Crippen LogP contribution < -0.4 is 5.32 Å². The van der Waals surface area contributed by atoms with Crippen molar-refractivity contribution in [3.63, 3.8) is 0 Å². The number of alkyl halides is 3. The highest BCUT2D eigenvalue weighted by molar-refractivity contribution is 7.11. The number of para-hydroxylation sites is 1. The molecule has 28 heavy (non-hydrogen) atoms. The molecule has 3 rings (SSSR count). The Kier molecular flexibility index (Phi) is 5.94. The first-order chi connectivity index (χ1) is 13.3. The summed E-state index contributed by atoms with van der Waals surface area (Å²) in [5.41, 5.74) is 0.427. The van der Waals surface area contributed by atoms with Crippen molar-refractivity contribution in [1.29, 1.82) is 5.26 Å². The number of hydrogen-bond donors (Lipinski definition) is 1. The first kappa shape index (κ1) is 20.2. The average Bonchev–Trinajstić information content (AvgIpc) is 3.14. The number of nitriles is 1. The van der Waals surface area contributed by atoms with Crippen molar-refractivity contribution < 1.29 is 13.2 Å². The SMILES string of the molecule is N#C/C(=C\Nc1ccccc1C(F)(F)F)c1nc(-c2ccc(Cl)c(Cl)c2)cs1. The predicted molar refractivity (Wildman–Crippen MR) is 106 cm³/mol. The summed E-state index contributed by atoms with van der Waals surface area (Å²) >= 11 is 13.1. The van der Waals surface area contributed by atoms with E-state index in [2.05, 4.69) is 10.3 Å². The number of thiazole rings is 1. The molecule has 3 aromatic rings. The lowest BCUT2D eigenvalue weighted by Crippen LogP contribution is -2.08. The van der Waals surface area contributed by atoms with Gasteiger partial charge in [-0.3, -0.25) is 0 Å². The van der Waals surface area contributed by atoms with Crippen LogP contribution in [-0.2, 0) is 6.18 Å². The molecule has 1 aromatic heterocycles. The monoisotopic (exact) mass is 439 g/mol. The van der Waals surface area contributed by atoms with Crippen LogP contribution in [0.3, 0.4) is 0 Å². The van der Waals surface area contributed by atoms with Gasteiger partial charge >= 0.3 is 6.18 Å². The molecule has 0 amide bonds. The summed E-state index contributed by atoms with van der Waals surface area (Å²) in [5.74, 6) is 0. The number of rotatable bonds is 4. The van der Waals surface area contributed by atoms with Crippen LogP contribution >= 0.6 is 34.5 Å². The van der Waals surface area contributed by atoms with Crippen LogP contribution in [0.25, 0.3) is 16.8 Å². The molecule has 1 heterocycles. The van der Waals surface area contributed by atoms with E-state index in [1.165, 1.54) is 35.7 Å². The van der Waals surface area contributed by atoms with E-state index >= 15 is 0 Å². The molecule has 0 atom stereocenters. The van der Waals surface area contributed by atoms with E-state index in [0.717, 1.165) is 6.07 Å². The van der Waals surface area contributed by atoms with Crippen molar-refractivity contribution in [3.05, 3.63) is 74.7 Å². The molecule has 0 fully saturated rings. The molecule has 0 spiro atoms. The quantitative estimate of drug-likeness (QED) is 0.440. The van der Waals surface area contributed by atoms with Crippen molar-refractivity contribution >= 4 is 45.8 Å². The minimum atomic E-state index is -4.51. The first-order valence-electron chi connectivity index (χ1n) is 7.74. The second-order valence-corrected chi connectivity index (χ2v) is 7.20. The molecule has 2 aromatic carbocycles. The fourth-order valence-electron chi connectivity index (χ4n) is 2.33. The molecule has 0 aliphatic rings. The number of nitrogens with zero attached hydrogens (tertiary/aromatic N) is 2. The van der Waals surface area contributed by atoms with Crippen molar-refractivity contribution in [2.24, 2.45) is 0 Å². The molecule has 0 saturated heterocycles. The predicted octanol–water partition coefficient (Wildman–Crippen LogP) is 7.11.